The van der Waals surface area contributed by atoms with Gasteiger partial charge in [0.1, 0.15) is 5.75 Å². The van der Waals surface area contributed by atoms with E-state index < -0.39 is 6.10 Å². The monoisotopic (exact) mass is 466 g/mol. The predicted molar refractivity (Wildman–Crippen MR) is 123 cm³/mol. The second-order valence-electron chi connectivity index (χ2n) is 6.98. The lowest BCUT2D eigenvalue weighted by atomic mass is 10.1. The fourth-order valence-electron chi connectivity index (χ4n) is 2.80. The van der Waals surface area contributed by atoms with Crippen LogP contribution in [0.25, 0.3) is 0 Å². The van der Waals surface area contributed by atoms with Crippen LogP contribution in [0.15, 0.2) is 71.2 Å². The molecule has 5 nitrogen and oxygen atoms in total. The van der Waals surface area contributed by atoms with E-state index in [2.05, 4.69) is 26.6 Å². The van der Waals surface area contributed by atoms with Crippen molar-refractivity contribution in [3.63, 3.8) is 0 Å². The number of aryl methyl sites for hydroxylation is 1. The summed E-state index contributed by atoms with van der Waals surface area (Å²) in [5.74, 6) is 0.0575. The number of hydrogen-bond donors (Lipinski definition) is 2. The first kappa shape index (κ1) is 21.6. The molecule has 1 atom stereocenters. The Labute approximate surface area is 184 Å². The van der Waals surface area contributed by atoms with Gasteiger partial charge in [0.05, 0.1) is 0 Å². The Kier molecular flexibility index (Phi) is 6.90. The van der Waals surface area contributed by atoms with Gasteiger partial charge in [-0.25, -0.2) is 0 Å². The lowest BCUT2D eigenvalue weighted by Gasteiger charge is -2.15. The van der Waals surface area contributed by atoms with Gasteiger partial charge in [0, 0.05) is 21.4 Å². The summed E-state index contributed by atoms with van der Waals surface area (Å²) in [6, 6.07) is 19.8. The number of nitrogens with one attached hydrogen (secondary N) is 2. The minimum Gasteiger partial charge on any atom is -0.481 e. The number of carbonyl (C=O) groups excluding carboxylic acids is 2. The summed E-state index contributed by atoms with van der Waals surface area (Å²) in [4.78, 5) is 24.9. The van der Waals surface area contributed by atoms with Crippen LogP contribution >= 0.6 is 15.9 Å². The normalized spacial score (nSPS) is 11.5. The molecule has 3 aromatic carbocycles. The minimum absolute atomic E-state index is 0.198. The maximum Gasteiger partial charge on any atom is 0.265 e. The van der Waals surface area contributed by atoms with Crippen molar-refractivity contribution >= 4 is 39.1 Å². The van der Waals surface area contributed by atoms with Crippen LogP contribution in [0.4, 0.5) is 11.4 Å². The molecule has 154 valence electrons. The highest BCUT2D eigenvalue weighted by Crippen LogP contribution is 2.20. The number of amides is 2. The summed E-state index contributed by atoms with van der Waals surface area (Å²) in [5.41, 5.74) is 4.15. The van der Waals surface area contributed by atoms with Crippen molar-refractivity contribution in [2.45, 2.75) is 26.9 Å². The molecule has 0 radical (unpaired) electrons. The molecule has 2 amide bonds. The van der Waals surface area contributed by atoms with E-state index in [9.17, 15) is 9.59 Å². The number of rotatable bonds is 6. The average Bonchev–Trinajstić information content (AvgIpc) is 2.73. The fraction of sp³-hybridized carbons (Fsp3) is 0.167. The maximum absolute atomic E-state index is 12.5. The van der Waals surface area contributed by atoms with Gasteiger partial charge in [-0.1, -0.05) is 28.1 Å². The lowest BCUT2D eigenvalue weighted by Crippen LogP contribution is -2.30. The quantitative estimate of drug-likeness (QED) is 0.487. The van der Waals surface area contributed by atoms with Crippen LogP contribution < -0.4 is 15.4 Å². The predicted octanol–water partition coefficient (Wildman–Crippen LogP) is 5.72. The van der Waals surface area contributed by atoms with Gasteiger partial charge in [-0.05, 0) is 86.5 Å². The molecule has 6 heteroatoms. The molecule has 2 N–H and O–H groups in total. The molecule has 0 bridgehead atoms. The number of carbonyl (C=O) groups is 2. The Morgan fingerprint density at radius 3 is 2.23 bits per heavy atom. The van der Waals surface area contributed by atoms with Crippen LogP contribution in [0, 0.1) is 13.8 Å². The van der Waals surface area contributed by atoms with E-state index in [0.717, 1.165) is 21.3 Å². The number of benzene rings is 3. The number of halogens is 1. The van der Waals surface area contributed by atoms with E-state index in [1.807, 2.05) is 44.2 Å². The lowest BCUT2D eigenvalue weighted by molar-refractivity contribution is -0.122. The van der Waals surface area contributed by atoms with E-state index in [1.165, 1.54) is 0 Å². The Morgan fingerprint density at radius 1 is 0.900 bits per heavy atom. The third-order valence-electron chi connectivity index (χ3n) is 4.76. The van der Waals surface area contributed by atoms with Crippen molar-refractivity contribution in [1.29, 1.82) is 0 Å². The molecule has 0 aliphatic carbocycles. The summed E-state index contributed by atoms with van der Waals surface area (Å²) in [6.07, 6.45) is -0.691. The molecule has 0 spiro atoms. The molecular weight excluding hydrogens is 444 g/mol. The Bertz CT molecular complexity index is 1050. The van der Waals surface area contributed by atoms with Crippen LogP contribution in [0.1, 0.15) is 28.4 Å². The molecule has 0 aromatic heterocycles. The van der Waals surface area contributed by atoms with E-state index >= 15 is 0 Å². The smallest absolute Gasteiger partial charge is 0.265 e. The first-order valence-corrected chi connectivity index (χ1v) is 10.3. The Hall–Kier alpha value is -3.12. The van der Waals surface area contributed by atoms with Gasteiger partial charge >= 0.3 is 0 Å². The van der Waals surface area contributed by atoms with Crippen LogP contribution in [0.3, 0.4) is 0 Å². The molecule has 3 rings (SSSR count). The van der Waals surface area contributed by atoms with Crippen molar-refractivity contribution in [2.24, 2.45) is 0 Å². The van der Waals surface area contributed by atoms with Gasteiger partial charge in [0.25, 0.3) is 11.8 Å². The molecule has 0 heterocycles. The highest BCUT2D eigenvalue weighted by atomic mass is 79.9. The molecule has 3 aromatic rings. The highest BCUT2D eigenvalue weighted by Gasteiger charge is 2.15. The second kappa shape index (κ2) is 9.59. The molecule has 0 aliphatic heterocycles. The topological polar surface area (TPSA) is 67.4 Å². The van der Waals surface area contributed by atoms with Gasteiger partial charge < -0.3 is 15.4 Å². The molecule has 0 saturated heterocycles. The standard InChI is InChI=1S/C24H23BrN2O3/c1-15-5-4-6-22(16(15)2)27-24(29)18-7-13-21(14-8-18)30-17(3)23(28)26-20-11-9-19(25)10-12-20/h4-14,17H,1-3H3,(H,26,28)(H,27,29)/t17-/m1/s1. The second-order valence-corrected chi connectivity index (χ2v) is 7.90. The van der Waals surface area contributed by atoms with Crippen molar-refractivity contribution in [3.8, 4) is 5.75 Å². The van der Waals surface area contributed by atoms with Crippen LogP contribution in [0.2, 0.25) is 0 Å². The summed E-state index contributed by atoms with van der Waals surface area (Å²) in [5, 5.41) is 5.74. The fourth-order valence-corrected chi connectivity index (χ4v) is 3.06. The van der Waals surface area contributed by atoms with Crippen molar-refractivity contribution in [1.82, 2.24) is 0 Å². The summed E-state index contributed by atoms with van der Waals surface area (Å²) < 4.78 is 6.64. The van der Waals surface area contributed by atoms with Gasteiger partial charge in [-0.3, -0.25) is 9.59 Å². The average molecular weight is 467 g/mol. The Balaban J connectivity index is 1.59. The number of ether oxygens (including phenoxy) is 1. The minimum atomic E-state index is -0.691. The van der Waals surface area contributed by atoms with Gasteiger partial charge in [-0.2, -0.15) is 0 Å². The molecule has 0 saturated carbocycles. The zero-order valence-corrected chi connectivity index (χ0v) is 18.6. The summed E-state index contributed by atoms with van der Waals surface area (Å²) >= 11 is 3.36. The first-order chi connectivity index (χ1) is 14.3. The maximum atomic E-state index is 12.5. The number of hydrogen-bond acceptors (Lipinski definition) is 3. The molecular formula is C24H23BrN2O3. The molecule has 0 fully saturated rings. The highest BCUT2D eigenvalue weighted by molar-refractivity contribution is 9.10. The third-order valence-corrected chi connectivity index (χ3v) is 5.29. The van der Waals surface area contributed by atoms with Crippen LogP contribution in [-0.2, 0) is 4.79 Å². The first-order valence-electron chi connectivity index (χ1n) is 9.54. The van der Waals surface area contributed by atoms with Crippen LogP contribution in [0.5, 0.6) is 5.75 Å². The van der Waals surface area contributed by atoms with E-state index in [1.54, 1.807) is 43.3 Å². The largest absolute Gasteiger partial charge is 0.481 e. The summed E-state index contributed by atoms with van der Waals surface area (Å²) in [7, 11) is 0. The van der Waals surface area contributed by atoms with Crippen molar-refractivity contribution < 1.29 is 14.3 Å². The molecule has 30 heavy (non-hydrogen) atoms. The van der Waals surface area contributed by atoms with Crippen molar-refractivity contribution in [2.75, 3.05) is 10.6 Å². The van der Waals surface area contributed by atoms with E-state index in [-0.39, 0.29) is 11.8 Å². The zero-order valence-electron chi connectivity index (χ0n) is 17.0. The van der Waals surface area contributed by atoms with Gasteiger partial charge in [0.15, 0.2) is 6.10 Å². The molecule has 0 aliphatic rings. The SMILES string of the molecule is Cc1cccc(NC(=O)c2ccc(O[C@H](C)C(=O)Nc3ccc(Br)cc3)cc2)c1C. The number of anilines is 2. The third kappa shape index (κ3) is 5.48. The molecule has 0 unspecified atom stereocenters. The zero-order chi connectivity index (χ0) is 21.7. The van der Waals surface area contributed by atoms with Crippen molar-refractivity contribution in [3.05, 3.63) is 87.9 Å². The summed E-state index contributed by atoms with van der Waals surface area (Å²) in [6.45, 7) is 5.66. The van der Waals surface area contributed by atoms with Gasteiger partial charge in [0.2, 0.25) is 0 Å². The van der Waals surface area contributed by atoms with E-state index in [4.69, 9.17) is 4.74 Å². The van der Waals surface area contributed by atoms with Crippen LogP contribution in [-0.4, -0.2) is 17.9 Å². The van der Waals surface area contributed by atoms with Gasteiger partial charge in [-0.15, -0.1) is 0 Å². The van der Waals surface area contributed by atoms with E-state index in [0.29, 0.717) is 17.0 Å². The Morgan fingerprint density at radius 2 is 1.57 bits per heavy atom.